The maximum Gasteiger partial charge on any atom is 0.117 e. The Morgan fingerprint density at radius 1 is 0.580 bits per heavy atom. The summed E-state index contributed by atoms with van der Waals surface area (Å²) in [6.45, 7) is 0. The van der Waals surface area contributed by atoms with Crippen LogP contribution in [0.3, 0.4) is 0 Å². The van der Waals surface area contributed by atoms with E-state index >= 15 is 0 Å². The zero-order valence-corrected chi connectivity index (χ0v) is 30.4. The molecule has 0 aromatic heterocycles. The first-order valence-electron chi connectivity index (χ1n) is 21.4. The predicted molar refractivity (Wildman–Crippen MR) is 205 cm³/mol. The standard InChI is InChI=1S/C45H63N5/c1-4-14-30(15-5-1)31-24-26-33(27-25-31)44-46-43(32-16-6-2-7-17-32)47-45(48-44)50-40-23-13-11-21-36(40)38-28-37-35-20-10-12-22-39(35)49(41(37)29-42(38)50)34-18-8-3-9-19-34/h3-4,6,8-9,12,14,16-18,22,26,30-31,34-48H,1-2,5,7,10-11,13,15,19-21,23-25,27-29H2. The summed E-state index contributed by atoms with van der Waals surface area (Å²) in [7, 11) is 0. The highest BCUT2D eigenvalue weighted by Crippen LogP contribution is 2.57. The molecule has 10 aliphatic rings. The lowest BCUT2D eigenvalue weighted by molar-refractivity contribution is -0.00360. The number of allylic oxidation sites excluding steroid dienone is 8. The van der Waals surface area contributed by atoms with E-state index < -0.39 is 0 Å². The van der Waals surface area contributed by atoms with Gasteiger partial charge in [-0.2, -0.15) is 0 Å². The molecule has 5 nitrogen and oxygen atoms in total. The van der Waals surface area contributed by atoms with Crippen molar-refractivity contribution in [2.24, 2.45) is 35.5 Å². The number of nitrogens with zero attached hydrogens (tertiary/aromatic N) is 2. The molecule has 0 aromatic carbocycles. The summed E-state index contributed by atoms with van der Waals surface area (Å²) in [6.07, 6.45) is 52.9. The molecule has 3 saturated heterocycles. The normalized spacial score (nSPS) is 47.3. The fourth-order valence-corrected chi connectivity index (χ4v) is 13.4. The third-order valence-corrected chi connectivity index (χ3v) is 15.6. The zero-order valence-electron chi connectivity index (χ0n) is 30.4. The number of rotatable bonds is 5. The van der Waals surface area contributed by atoms with Crippen molar-refractivity contribution >= 4 is 0 Å². The van der Waals surface area contributed by atoms with E-state index in [1.54, 1.807) is 5.57 Å². The summed E-state index contributed by atoms with van der Waals surface area (Å²) in [4.78, 5) is 6.13. The fourth-order valence-electron chi connectivity index (χ4n) is 13.4. The molecule has 268 valence electrons. The van der Waals surface area contributed by atoms with Crippen LogP contribution >= 0.6 is 0 Å². The number of nitrogens with one attached hydrogen (secondary N) is 3. The summed E-state index contributed by atoms with van der Waals surface area (Å²) in [5.74, 6) is 5.04. The second-order valence-electron chi connectivity index (χ2n) is 17.9. The fraction of sp³-hybridized carbons (Fsp3) is 0.689. The molecule has 50 heavy (non-hydrogen) atoms. The van der Waals surface area contributed by atoms with Gasteiger partial charge >= 0.3 is 0 Å². The van der Waals surface area contributed by atoms with Gasteiger partial charge in [-0.25, -0.2) is 0 Å². The molecule has 2 saturated carbocycles. The Labute approximate surface area is 302 Å². The molecule has 7 aliphatic carbocycles. The van der Waals surface area contributed by atoms with E-state index in [-0.39, 0.29) is 18.6 Å². The van der Waals surface area contributed by atoms with Gasteiger partial charge in [0.25, 0.3) is 0 Å². The molecule has 14 unspecified atom stereocenters. The minimum absolute atomic E-state index is 0.190. The third-order valence-electron chi connectivity index (χ3n) is 15.6. The first-order chi connectivity index (χ1) is 24.8. The highest BCUT2D eigenvalue weighted by Gasteiger charge is 2.61. The Kier molecular flexibility index (Phi) is 9.19. The van der Waals surface area contributed by atoms with Crippen molar-refractivity contribution in [2.45, 2.75) is 158 Å². The molecular formula is C45H63N5. The van der Waals surface area contributed by atoms with E-state index in [9.17, 15) is 0 Å². The molecule has 0 spiro atoms. The average Bonchev–Trinajstić information content (AvgIpc) is 3.70. The number of hydrogen-bond acceptors (Lipinski definition) is 5. The quantitative estimate of drug-likeness (QED) is 0.257. The Morgan fingerprint density at radius 2 is 1.48 bits per heavy atom. The van der Waals surface area contributed by atoms with Crippen LogP contribution in [0.5, 0.6) is 0 Å². The second-order valence-corrected chi connectivity index (χ2v) is 17.9. The summed E-state index contributed by atoms with van der Waals surface area (Å²) in [6, 6.07) is 3.24. The first-order valence-corrected chi connectivity index (χ1v) is 21.4. The van der Waals surface area contributed by atoms with Gasteiger partial charge in [-0.15, -0.1) is 0 Å². The van der Waals surface area contributed by atoms with Crippen LogP contribution in [0.25, 0.3) is 0 Å². The summed E-state index contributed by atoms with van der Waals surface area (Å²) in [5.41, 5.74) is 3.07. The molecule has 14 atom stereocenters. The second kappa shape index (κ2) is 14.1. The molecule has 0 amide bonds. The minimum atomic E-state index is 0.190. The average molecular weight is 674 g/mol. The van der Waals surface area contributed by atoms with Crippen molar-refractivity contribution in [1.82, 2.24) is 25.8 Å². The summed E-state index contributed by atoms with van der Waals surface area (Å²) >= 11 is 0. The first kappa shape index (κ1) is 32.6. The number of fused-ring (bicyclic) bond motifs is 6. The van der Waals surface area contributed by atoms with Gasteiger partial charge in [-0.1, -0.05) is 85.8 Å². The summed E-state index contributed by atoms with van der Waals surface area (Å²) < 4.78 is 0. The highest BCUT2D eigenvalue weighted by molar-refractivity contribution is 5.30. The molecule has 10 rings (SSSR count). The minimum Gasteiger partial charge on any atom is -0.287 e. The van der Waals surface area contributed by atoms with E-state index in [1.807, 2.05) is 0 Å². The third kappa shape index (κ3) is 5.86. The molecule has 3 N–H and O–H groups in total. The lowest BCUT2D eigenvalue weighted by Crippen LogP contribution is -2.74. The van der Waals surface area contributed by atoms with Gasteiger partial charge < -0.3 is 0 Å². The lowest BCUT2D eigenvalue weighted by atomic mass is 9.65. The maximum atomic E-state index is 4.30. The van der Waals surface area contributed by atoms with Crippen LogP contribution in [0, 0.1) is 35.5 Å². The van der Waals surface area contributed by atoms with E-state index in [0.29, 0.717) is 30.2 Å². The van der Waals surface area contributed by atoms with Crippen LogP contribution < -0.4 is 16.0 Å². The number of hydrogen-bond donors (Lipinski definition) is 3. The van der Waals surface area contributed by atoms with Crippen LogP contribution in [-0.2, 0) is 0 Å². The van der Waals surface area contributed by atoms with Gasteiger partial charge in [0, 0.05) is 30.2 Å². The summed E-state index contributed by atoms with van der Waals surface area (Å²) in [5, 5.41) is 12.7. The van der Waals surface area contributed by atoms with Gasteiger partial charge in [0.2, 0.25) is 0 Å². The van der Waals surface area contributed by atoms with Crippen molar-refractivity contribution in [3.8, 4) is 0 Å². The predicted octanol–water partition coefficient (Wildman–Crippen LogP) is 8.24. The van der Waals surface area contributed by atoms with Crippen LogP contribution in [-0.4, -0.2) is 58.6 Å². The van der Waals surface area contributed by atoms with Gasteiger partial charge in [-0.05, 0) is 143 Å². The van der Waals surface area contributed by atoms with Crippen molar-refractivity contribution in [3.63, 3.8) is 0 Å². The molecule has 5 heteroatoms. The molecular weight excluding hydrogens is 611 g/mol. The van der Waals surface area contributed by atoms with E-state index in [4.69, 9.17) is 0 Å². The van der Waals surface area contributed by atoms with Crippen LogP contribution in [0.1, 0.15) is 109 Å². The lowest BCUT2D eigenvalue weighted by Gasteiger charge is -2.50. The highest BCUT2D eigenvalue weighted by atomic mass is 15.5. The van der Waals surface area contributed by atoms with Gasteiger partial charge in [-0.3, -0.25) is 25.8 Å². The Hall–Kier alpha value is -2.02. The SMILES string of the molecule is C1=CCC(N2C3C=CCCC3C3CC4C5CCCCC5N(C5NC(C6=CCCC=C6)NC(C6=CCC(C7C=CCCC7)CC6)N5)C4CC32)C=C1. The monoisotopic (exact) mass is 674 g/mol. The maximum absolute atomic E-state index is 4.30. The molecule has 0 bridgehead atoms. The topological polar surface area (TPSA) is 42.6 Å². The van der Waals surface area contributed by atoms with Gasteiger partial charge in [0.15, 0.2) is 0 Å². The van der Waals surface area contributed by atoms with Crippen molar-refractivity contribution in [3.05, 3.63) is 84.1 Å². The van der Waals surface area contributed by atoms with Crippen LogP contribution in [0.4, 0.5) is 0 Å². The molecule has 5 fully saturated rings. The molecule has 0 radical (unpaired) electrons. The molecule has 3 heterocycles. The zero-order chi connectivity index (χ0) is 33.0. The van der Waals surface area contributed by atoms with Crippen molar-refractivity contribution in [2.75, 3.05) is 0 Å². The Morgan fingerprint density at radius 3 is 2.32 bits per heavy atom. The largest absolute Gasteiger partial charge is 0.287 e. The molecule has 3 aliphatic heterocycles. The molecule has 0 aromatic rings. The van der Waals surface area contributed by atoms with E-state index in [0.717, 1.165) is 41.9 Å². The Bertz CT molecular complexity index is 1470. The van der Waals surface area contributed by atoms with Gasteiger partial charge in [0.05, 0.1) is 12.3 Å². The van der Waals surface area contributed by atoms with Crippen molar-refractivity contribution < 1.29 is 0 Å². The van der Waals surface area contributed by atoms with E-state index in [2.05, 4.69) is 98.7 Å². The van der Waals surface area contributed by atoms with E-state index in [1.165, 1.54) is 108 Å². The van der Waals surface area contributed by atoms with Crippen molar-refractivity contribution in [1.29, 1.82) is 0 Å². The van der Waals surface area contributed by atoms with Crippen LogP contribution in [0.2, 0.25) is 0 Å². The van der Waals surface area contributed by atoms with Crippen LogP contribution in [0.15, 0.2) is 84.1 Å². The number of likely N-dealkylation sites (tertiary alicyclic amines) is 2. The van der Waals surface area contributed by atoms with Gasteiger partial charge in [0.1, 0.15) is 6.29 Å². The Balaban J connectivity index is 0.958. The smallest absolute Gasteiger partial charge is 0.117 e.